The van der Waals surface area contributed by atoms with E-state index in [1.54, 1.807) is 0 Å². The van der Waals surface area contributed by atoms with Crippen molar-refractivity contribution in [2.75, 3.05) is 6.54 Å². The molecule has 0 atom stereocenters. The molecule has 5 nitrogen and oxygen atoms in total. The van der Waals surface area contributed by atoms with Crippen molar-refractivity contribution in [3.63, 3.8) is 0 Å². The number of imide groups is 1. The number of amides is 3. The van der Waals surface area contributed by atoms with Crippen LogP contribution in [0.1, 0.15) is 40.9 Å². The summed E-state index contributed by atoms with van der Waals surface area (Å²) in [4.78, 5) is 39.3. The summed E-state index contributed by atoms with van der Waals surface area (Å²) in [6, 6.07) is 7.41. The fourth-order valence-corrected chi connectivity index (χ4v) is 4.93. The molecule has 124 valence electrons. The maximum Gasteiger partial charge on any atom is 0.325 e. The van der Waals surface area contributed by atoms with Crippen LogP contribution in [0, 0.1) is 6.92 Å². The lowest BCUT2D eigenvalue weighted by molar-refractivity contribution is -0.130. The molecule has 24 heavy (non-hydrogen) atoms. The summed E-state index contributed by atoms with van der Waals surface area (Å²) < 4.78 is 1.04. The zero-order valence-corrected chi connectivity index (χ0v) is 14.2. The maximum absolute atomic E-state index is 12.7. The van der Waals surface area contributed by atoms with Crippen LogP contribution in [-0.4, -0.2) is 34.7 Å². The van der Waals surface area contributed by atoms with Crippen molar-refractivity contribution >= 4 is 39.1 Å². The molecule has 0 radical (unpaired) electrons. The Morgan fingerprint density at radius 1 is 1.25 bits per heavy atom. The van der Waals surface area contributed by atoms with Gasteiger partial charge >= 0.3 is 6.03 Å². The minimum absolute atomic E-state index is 0.174. The topological polar surface area (TPSA) is 66.5 Å². The second kappa shape index (κ2) is 5.41. The number of nitrogens with zero attached hydrogens (tertiary/aromatic N) is 1. The first-order valence-electron chi connectivity index (χ1n) is 8.17. The lowest BCUT2D eigenvalue weighted by atomic mass is 9.98. The van der Waals surface area contributed by atoms with Gasteiger partial charge in [0.15, 0.2) is 5.78 Å². The van der Waals surface area contributed by atoms with E-state index in [4.69, 9.17) is 0 Å². The number of thiophene rings is 1. The van der Waals surface area contributed by atoms with Gasteiger partial charge in [-0.15, -0.1) is 11.3 Å². The predicted octanol–water partition coefficient (Wildman–Crippen LogP) is 3.26. The summed E-state index contributed by atoms with van der Waals surface area (Å²) in [5.74, 6) is -0.413. The summed E-state index contributed by atoms with van der Waals surface area (Å²) in [5, 5.41) is 3.87. The molecule has 1 aliphatic carbocycles. The van der Waals surface area contributed by atoms with Gasteiger partial charge in [0.25, 0.3) is 5.91 Å². The second-order valence-corrected chi connectivity index (χ2v) is 7.64. The van der Waals surface area contributed by atoms with E-state index in [9.17, 15) is 14.4 Å². The molecule has 1 N–H and O–H groups in total. The molecule has 1 spiro atoms. The first-order chi connectivity index (χ1) is 11.5. The number of hydrogen-bond acceptors (Lipinski definition) is 4. The fraction of sp³-hybridized carbons (Fsp3) is 0.389. The van der Waals surface area contributed by atoms with E-state index in [0.29, 0.717) is 17.7 Å². The number of benzene rings is 1. The van der Waals surface area contributed by atoms with Gasteiger partial charge in [-0.3, -0.25) is 14.5 Å². The number of urea groups is 1. The number of nitrogens with one attached hydrogen (secondary N) is 1. The molecule has 1 aliphatic heterocycles. The van der Waals surface area contributed by atoms with Crippen LogP contribution in [0.25, 0.3) is 10.1 Å². The highest BCUT2D eigenvalue weighted by Crippen LogP contribution is 2.36. The molecule has 3 amide bonds. The number of aryl methyl sites for hydroxylation is 1. The third kappa shape index (κ3) is 2.17. The highest BCUT2D eigenvalue weighted by molar-refractivity contribution is 7.21. The van der Waals surface area contributed by atoms with E-state index >= 15 is 0 Å². The van der Waals surface area contributed by atoms with E-state index in [0.717, 1.165) is 33.4 Å². The van der Waals surface area contributed by atoms with Gasteiger partial charge in [0.05, 0.1) is 11.4 Å². The van der Waals surface area contributed by atoms with Gasteiger partial charge in [0.2, 0.25) is 0 Å². The summed E-state index contributed by atoms with van der Waals surface area (Å²) in [6.07, 6.45) is 3.21. The van der Waals surface area contributed by atoms with Crippen molar-refractivity contribution in [2.45, 2.75) is 38.1 Å². The summed E-state index contributed by atoms with van der Waals surface area (Å²) in [5.41, 5.74) is 0.162. The molecular formula is C18H18N2O3S. The Bertz CT molecular complexity index is 864. The fourth-order valence-electron chi connectivity index (χ4n) is 3.79. The summed E-state index contributed by atoms with van der Waals surface area (Å²) in [7, 11) is 0. The lowest BCUT2D eigenvalue weighted by Gasteiger charge is -2.19. The molecule has 4 rings (SSSR count). The quantitative estimate of drug-likeness (QED) is 0.688. The number of rotatable bonds is 3. The van der Waals surface area contributed by atoms with E-state index in [2.05, 4.69) is 5.32 Å². The van der Waals surface area contributed by atoms with Crippen molar-refractivity contribution in [3.05, 3.63) is 34.7 Å². The minimum Gasteiger partial charge on any atom is -0.323 e. The Kier molecular flexibility index (Phi) is 3.46. The molecule has 1 aromatic carbocycles. The number of carbonyl (C=O) groups is 3. The van der Waals surface area contributed by atoms with Gasteiger partial charge < -0.3 is 5.32 Å². The molecule has 2 aliphatic rings. The largest absolute Gasteiger partial charge is 0.325 e. The Hall–Kier alpha value is -2.21. The van der Waals surface area contributed by atoms with Gasteiger partial charge in [-0.05, 0) is 36.8 Å². The third-order valence-corrected chi connectivity index (χ3v) is 6.42. The first kappa shape index (κ1) is 15.3. The van der Waals surface area contributed by atoms with E-state index < -0.39 is 11.6 Å². The normalized spacial score (nSPS) is 19.5. The average molecular weight is 342 g/mol. The van der Waals surface area contributed by atoms with E-state index in [1.165, 1.54) is 11.3 Å². The smallest absolute Gasteiger partial charge is 0.323 e. The third-order valence-electron chi connectivity index (χ3n) is 5.10. The van der Waals surface area contributed by atoms with E-state index in [-0.39, 0.29) is 18.2 Å². The predicted molar refractivity (Wildman–Crippen MR) is 92.3 cm³/mol. The maximum atomic E-state index is 12.7. The molecule has 1 saturated carbocycles. The van der Waals surface area contributed by atoms with Crippen molar-refractivity contribution in [1.82, 2.24) is 10.2 Å². The van der Waals surface area contributed by atoms with Crippen molar-refractivity contribution in [3.8, 4) is 0 Å². The summed E-state index contributed by atoms with van der Waals surface area (Å²) in [6.45, 7) is 1.73. The van der Waals surface area contributed by atoms with E-state index in [1.807, 2.05) is 31.2 Å². The van der Waals surface area contributed by atoms with Crippen molar-refractivity contribution < 1.29 is 14.4 Å². The first-order valence-corrected chi connectivity index (χ1v) is 8.99. The molecule has 0 unspecified atom stereocenters. The SMILES string of the molecule is Cc1c(C(=O)CN2C(=O)NC3(CCCC3)C2=O)sc2ccccc12. The Morgan fingerprint density at radius 3 is 2.67 bits per heavy atom. The van der Waals surface area contributed by atoms with Crippen LogP contribution >= 0.6 is 11.3 Å². The van der Waals surface area contributed by atoms with Crippen LogP contribution in [0.5, 0.6) is 0 Å². The van der Waals surface area contributed by atoms with Gasteiger partial charge in [-0.2, -0.15) is 0 Å². The second-order valence-electron chi connectivity index (χ2n) is 6.59. The monoisotopic (exact) mass is 342 g/mol. The number of hydrogen-bond donors (Lipinski definition) is 1. The molecule has 1 aromatic heterocycles. The standard InChI is InChI=1S/C18H18N2O3S/c1-11-12-6-2-3-7-14(12)24-15(11)13(21)10-20-16(22)18(19-17(20)23)8-4-5-9-18/h2-3,6-7H,4-5,8-10H2,1H3,(H,19,23). The Labute approximate surface area is 143 Å². The summed E-state index contributed by atoms with van der Waals surface area (Å²) >= 11 is 1.42. The van der Waals surface area contributed by atoms with Gasteiger partial charge in [-0.1, -0.05) is 31.0 Å². The van der Waals surface area contributed by atoms with Gasteiger partial charge in [0.1, 0.15) is 5.54 Å². The van der Waals surface area contributed by atoms with Crippen LogP contribution in [0.4, 0.5) is 4.79 Å². The highest BCUT2D eigenvalue weighted by atomic mass is 32.1. The highest BCUT2D eigenvalue weighted by Gasteiger charge is 2.52. The lowest BCUT2D eigenvalue weighted by Crippen LogP contribution is -2.44. The molecule has 2 fully saturated rings. The Balaban J connectivity index is 1.60. The van der Waals surface area contributed by atoms with Crippen LogP contribution in [0.2, 0.25) is 0 Å². The zero-order chi connectivity index (χ0) is 16.9. The van der Waals surface area contributed by atoms with Crippen molar-refractivity contribution in [1.29, 1.82) is 0 Å². The van der Waals surface area contributed by atoms with Gasteiger partial charge in [-0.25, -0.2) is 4.79 Å². The van der Waals surface area contributed by atoms with Crippen LogP contribution in [0.15, 0.2) is 24.3 Å². The number of ketones is 1. The molecule has 2 aromatic rings. The van der Waals surface area contributed by atoms with Crippen LogP contribution in [-0.2, 0) is 4.79 Å². The molecule has 6 heteroatoms. The number of fused-ring (bicyclic) bond motifs is 1. The molecular weight excluding hydrogens is 324 g/mol. The Morgan fingerprint density at radius 2 is 1.96 bits per heavy atom. The van der Waals surface area contributed by atoms with Gasteiger partial charge in [0, 0.05) is 4.70 Å². The molecule has 0 bridgehead atoms. The number of Topliss-reactive ketones (excluding diaryl/α,β-unsaturated/α-hetero) is 1. The van der Waals surface area contributed by atoms with Crippen molar-refractivity contribution in [2.24, 2.45) is 0 Å². The zero-order valence-electron chi connectivity index (χ0n) is 13.4. The molecule has 2 heterocycles. The minimum atomic E-state index is -0.757. The number of carbonyl (C=O) groups excluding carboxylic acids is 3. The van der Waals surface area contributed by atoms with Crippen LogP contribution < -0.4 is 5.32 Å². The van der Waals surface area contributed by atoms with Crippen LogP contribution in [0.3, 0.4) is 0 Å². The average Bonchev–Trinajstić information content (AvgIpc) is 3.23. The molecule has 1 saturated heterocycles.